The second-order valence-corrected chi connectivity index (χ2v) is 3.10. The fourth-order valence-corrected chi connectivity index (χ4v) is 1.26. The lowest BCUT2D eigenvalue weighted by Gasteiger charge is -1.97. The molecule has 0 amide bonds. The van der Waals surface area contributed by atoms with Gasteiger partial charge in [-0.1, -0.05) is 0 Å². The normalized spacial score (nSPS) is 10.4. The molecule has 0 radical (unpaired) electrons. The van der Waals surface area contributed by atoms with Gasteiger partial charge in [-0.05, 0) is 30.3 Å². The van der Waals surface area contributed by atoms with Crippen molar-refractivity contribution in [3.63, 3.8) is 0 Å². The Kier molecular flexibility index (Phi) is 2.44. The molecule has 16 heavy (non-hydrogen) atoms. The third-order valence-electron chi connectivity index (χ3n) is 2.02. The van der Waals surface area contributed by atoms with Crippen LogP contribution in [0.25, 0.3) is 11.3 Å². The van der Waals surface area contributed by atoms with Gasteiger partial charge >= 0.3 is 5.97 Å². The topological polar surface area (TPSA) is 50.4 Å². The maximum absolute atomic E-state index is 12.9. The molecule has 3 nitrogen and oxygen atoms in total. The summed E-state index contributed by atoms with van der Waals surface area (Å²) in [5.41, 5.74) is 0.284. The van der Waals surface area contributed by atoms with Crippen molar-refractivity contribution < 1.29 is 23.1 Å². The van der Waals surface area contributed by atoms with Crippen molar-refractivity contribution in [2.24, 2.45) is 0 Å². The van der Waals surface area contributed by atoms with Crippen LogP contribution in [0.4, 0.5) is 8.78 Å². The average molecular weight is 224 g/mol. The van der Waals surface area contributed by atoms with Crippen LogP contribution in [0.1, 0.15) is 10.6 Å². The summed E-state index contributed by atoms with van der Waals surface area (Å²) < 4.78 is 30.5. The summed E-state index contributed by atoms with van der Waals surface area (Å²) in [5.74, 6) is -3.26. The number of hydrogen-bond acceptors (Lipinski definition) is 2. The molecule has 2 rings (SSSR count). The van der Waals surface area contributed by atoms with Crippen molar-refractivity contribution in [3.05, 3.63) is 47.7 Å². The number of halogens is 2. The molecular formula is C11H6F2O3. The Morgan fingerprint density at radius 3 is 2.44 bits per heavy atom. The molecule has 0 spiro atoms. The summed E-state index contributed by atoms with van der Waals surface area (Å²) in [7, 11) is 0. The first-order chi connectivity index (χ1) is 7.58. The van der Waals surface area contributed by atoms with E-state index in [4.69, 9.17) is 9.52 Å². The molecule has 0 aliphatic rings. The minimum absolute atomic E-state index is 0.177. The summed E-state index contributed by atoms with van der Waals surface area (Å²) in [6.07, 6.45) is 0. The maximum Gasteiger partial charge on any atom is 0.371 e. The van der Waals surface area contributed by atoms with Crippen LogP contribution in [0.15, 0.2) is 34.7 Å². The first kappa shape index (κ1) is 10.4. The van der Waals surface area contributed by atoms with Crippen LogP contribution in [0.5, 0.6) is 0 Å². The van der Waals surface area contributed by atoms with Crippen molar-refractivity contribution in [3.8, 4) is 11.3 Å². The van der Waals surface area contributed by atoms with Crippen molar-refractivity contribution in [1.29, 1.82) is 0 Å². The van der Waals surface area contributed by atoms with Gasteiger partial charge in [0.2, 0.25) is 5.76 Å². The number of carbonyl (C=O) groups is 1. The number of hydrogen-bond donors (Lipinski definition) is 1. The molecule has 0 saturated heterocycles. The van der Waals surface area contributed by atoms with Crippen molar-refractivity contribution in [2.45, 2.75) is 0 Å². The Morgan fingerprint density at radius 2 is 1.88 bits per heavy atom. The summed E-state index contributed by atoms with van der Waals surface area (Å²) in [4.78, 5) is 10.5. The minimum atomic E-state index is -1.21. The summed E-state index contributed by atoms with van der Waals surface area (Å²) in [6, 6.07) is 5.84. The Hall–Kier alpha value is -2.17. The van der Waals surface area contributed by atoms with Crippen molar-refractivity contribution >= 4 is 5.97 Å². The molecule has 0 bridgehead atoms. The van der Waals surface area contributed by atoms with Gasteiger partial charge in [-0.25, -0.2) is 13.6 Å². The van der Waals surface area contributed by atoms with Gasteiger partial charge in [0, 0.05) is 5.56 Å². The van der Waals surface area contributed by atoms with Crippen LogP contribution in [-0.2, 0) is 0 Å². The molecule has 1 aromatic carbocycles. The molecule has 82 valence electrons. The van der Waals surface area contributed by atoms with Gasteiger partial charge in [0.15, 0.2) is 11.6 Å². The Bertz CT molecular complexity index is 546. The first-order valence-electron chi connectivity index (χ1n) is 4.36. The molecule has 0 fully saturated rings. The molecule has 1 N–H and O–H groups in total. The van der Waals surface area contributed by atoms with Gasteiger partial charge in [-0.15, -0.1) is 0 Å². The molecule has 0 saturated carbocycles. The molecule has 0 unspecified atom stereocenters. The second kappa shape index (κ2) is 3.77. The molecule has 1 heterocycles. The van der Waals surface area contributed by atoms with Crippen molar-refractivity contribution in [1.82, 2.24) is 0 Å². The molecule has 2 aromatic rings. The number of benzene rings is 1. The highest BCUT2D eigenvalue weighted by atomic mass is 19.2. The molecule has 1 aromatic heterocycles. The molecule has 0 aliphatic heterocycles. The van der Waals surface area contributed by atoms with Gasteiger partial charge in [0.25, 0.3) is 0 Å². The lowest BCUT2D eigenvalue weighted by Crippen LogP contribution is -1.91. The summed E-state index contributed by atoms with van der Waals surface area (Å²) in [6.45, 7) is 0. The van der Waals surface area contributed by atoms with E-state index in [1.807, 2.05) is 0 Å². The van der Waals surface area contributed by atoms with Gasteiger partial charge < -0.3 is 9.52 Å². The van der Waals surface area contributed by atoms with E-state index < -0.39 is 17.6 Å². The van der Waals surface area contributed by atoms with E-state index in [9.17, 15) is 13.6 Å². The van der Waals surface area contributed by atoms with Crippen LogP contribution in [0.2, 0.25) is 0 Å². The van der Waals surface area contributed by atoms with Crippen LogP contribution >= 0.6 is 0 Å². The van der Waals surface area contributed by atoms with Gasteiger partial charge in [-0.3, -0.25) is 0 Å². The van der Waals surface area contributed by atoms with Crippen LogP contribution < -0.4 is 0 Å². The number of carboxylic acid groups (broad SMARTS) is 1. The van der Waals surface area contributed by atoms with E-state index in [-0.39, 0.29) is 17.1 Å². The maximum atomic E-state index is 12.9. The first-order valence-corrected chi connectivity index (χ1v) is 4.36. The number of aromatic carboxylic acids is 1. The van der Waals surface area contributed by atoms with Crippen LogP contribution in [0.3, 0.4) is 0 Å². The highest BCUT2D eigenvalue weighted by Crippen LogP contribution is 2.23. The Balaban J connectivity index is 2.42. The van der Waals surface area contributed by atoms with E-state index in [1.165, 1.54) is 18.2 Å². The highest BCUT2D eigenvalue weighted by Gasteiger charge is 2.11. The number of furan rings is 1. The van der Waals surface area contributed by atoms with E-state index in [0.29, 0.717) is 0 Å². The van der Waals surface area contributed by atoms with Gasteiger partial charge in [0.05, 0.1) is 0 Å². The zero-order chi connectivity index (χ0) is 11.7. The predicted octanol–water partition coefficient (Wildman–Crippen LogP) is 2.92. The minimum Gasteiger partial charge on any atom is -0.475 e. The lowest BCUT2D eigenvalue weighted by atomic mass is 10.1. The van der Waals surface area contributed by atoms with E-state index >= 15 is 0 Å². The third-order valence-corrected chi connectivity index (χ3v) is 2.02. The van der Waals surface area contributed by atoms with Gasteiger partial charge in [0.1, 0.15) is 5.76 Å². The molecule has 5 heteroatoms. The summed E-state index contributed by atoms with van der Waals surface area (Å²) >= 11 is 0. The fraction of sp³-hybridized carbons (Fsp3) is 0. The number of rotatable bonds is 2. The zero-order valence-corrected chi connectivity index (χ0v) is 7.91. The monoisotopic (exact) mass is 224 g/mol. The zero-order valence-electron chi connectivity index (χ0n) is 7.91. The van der Waals surface area contributed by atoms with E-state index in [2.05, 4.69) is 0 Å². The van der Waals surface area contributed by atoms with E-state index in [0.717, 1.165) is 12.1 Å². The van der Waals surface area contributed by atoms with Gasteiger partial charge in [-0.2, -0.15) is 0 Å². The highest BCUT2D eigenvalue weighted by molar-refractivity contribution is 5.85. The molecular weight excluding hydrogens is 218 g/mol. The lowest BCUT2D eigenvalue weighted by molar-refractivity contribution is 0.0663. The summed E-state index contributed by atoms with van der Waals surface area (Å²) in [5, 5.41) is 8.62. The largest absolute Gasteiger partial charge is 0.475 e. The van der Waals surface area contributed by atoms with Crippen LogP contribution in [-0.4, -0.2) is 11.1 Å². The quantitative estimate of drug-likeness (QED) is 0.853. The molecule has 0 atom stereocenters. The Labute approximate surface area is 88.9 Å². The Morgan fingerprint density at radius 1 is 1.12 bits per heavy atom. The number of carboxylic acids is 1. The SMILES string of the molecule is O=C(O)c1ccc(-c2ccc(F)c(F)c2)o1. The van der Waals surface area contributed by atoms with Crippen molar-refractivity contribution in [2.75, 3.05) is 0 Å². The standard InChI is InChI=1S/C11H6F2O3/c12-7-2-1-6(5-8(7)13)9-3-4-10(16-9)11(14)15/h1-5H,(H,14,15). The predicted molar refractivity (Wildman–Crippen MR) is 51.0 cm³/mol. The average Bonchev–Trinajstić information content (AvgIpc) is 2.71. The molecule has 0 aliphatic carbocycles. The second-order valence-electron chi connectivity index (χ2n) is 3.10. The fourth-order valence-electron chi connectivity index (χ4n) is 1.26. The third kappa shape index (κ3) is 1.79. The van der Waals surface area contributed by atoms with Crippen LogP contribution in [0, 0.1) is 11.6 Å². The smallest absolute Gasteiger partial charge is 0.371 e. The van der Waals surface area contributed by atoms with E-state index in [1.54, 1.807) is 0 Å².